The molecule has 3 nitrogen and oxygen atoms in total. The molecular weight excluding hydrogens is 307 g/mol. The normalized spacial score (nSPS) is 22.4. The van der Waals surface area contributed by atoms with Crippen molar-refractivity contribution in [2.24, 2.45) is 5.92 Å². The summed E-state index contributed by atoms with van der Waals surface area (Å²) in [6.07, 6.45) is 4.74. The van der Waals surface area contributed by atoms with E-state index in [-0.39, 0.29) is 12.6 Å². The van der Waals surface area contributed by atoms with Crippen molar-refractivity contribution in [3.8, 4) is 17.2 Å². The molecule has 1 aliphatic carbocycles. The van der Waals surface area contributed by atoms with E-state index in [1.807, 2.05) is 30.3 Å². The zero-order chi connectivity index (χ0) is 16.4. The first-order valence-corrected chi connectivity index (χ1v) is 8.57. The van der Waals surface area contributed by atoms with Gasteiger partial charge in [-0.25, -0.2) is 4.39 Å². The van der Waals surface area contributed by atoms with Crippen LogP contribution in [0.15, 0.2) is 42.5 Å². The lowest BCUT2D eigenvalue weighted by Gasteiger charge is -2.31. The molecule has 0 radical (unpaired) electrons. The number of hydrogen-bond donors (Lipinski definition) is 0. The van der Waals surface area contributed by atoms with Gasteiger partial charge < -0.3 is 14.2 Å². The second kappa shape index (κ2) is 6.71. The Morgan fingerprint density at radius 3 is 2.62 bits per heavy atom. The summed E-state index contributed by atoms with van der Waals surface area (Å²) in [4.78, 5) is 0. The average Bonchev–Trinajstić information content (AvgIpc) is 3.09. The van der Waals surface area contributed by atoms with Crippen molar-refractivity contribution < 1.29 is 18.6 Å². The van der Waals surface area contributed by atoms with Crippen LogP contribution in [0.5, 0.6) is 17.2 Å². The summed E-state index contributed by atoms with van der Waals surface area (Å²) < 4.78 is 29.9. The van der Waals surface area contributed by atoms with E-state index in [0.717, 1.165) is 30.1 Å². The van der Waals surface area contributed by atoms with Crippen molar-refractivity contribution in [3.05, 3.63) is 53.8 Å². The van der Waals surface area contributed by atoms with Gasteiger partial charge >= 0.3 is 0 Å². The van der Waals surface area contributed by atoms with Gasteiger partial charge in [-0.15, -0.1) is 0 Å². The molecule has 0 N–H and O–H groups in total. The molecule has 0 bridgehead atoms. The minimum atomic E-state index is -0.178. The number of ether oxygens (including phenoxy) is 3. The van der Waals surface area contributed by atoms with Crippen molar-refractivity contribution in [2.75, 3.05) is 13.4 Å². The molecule has 1 aliphatic heterocycles. The lowest BCUT2D eigenvalue weighted by molar-refractivity contribution is 0.173. The molecule has 0 amide bonds. The highest BCUT2D eigenvalue weighted by atomic mass is 19.1. The van der Waals surface area contributed by atoms with Gasteiger partial charge in [0, 0.05) is 6.07 Å². The van der Waals surface area contributed by atoms with Crippen LogP contribution in [0, 0.1) is 11.7 Å². The van der Waals surface area contributed by atoms with E-state index in [0.29, 0.717) is 18.4 Å². The molecule has 1 fully saturated rings. The second-order valence-electron chi connectivity index (χ2n) is 6.53. The van der Waals surface area contributed by atoms with Crippen LogP contribution in [-0.2, 0) is 0 Å². The molecule has 0 unspecified atom stereocenters. The number of benzene rings is 2. The Hall–Kier alpha value is -2.23. The Bertz CT molecular complexity index is 699. The summed E-state index contributed by atoms with van der Waals surface area (Å²) in [5.41, 5.74) is 1.22. The van der Waals surface area contributed by atoms with Gasteiger partial charge in [-0.1, -0.05) is 25.0 Å². The summed E-state index contributed by atoms with van der Waals surface area (Å²) in [5, 5.41) is 0. The van der Waals surface area contributed by atoms with Crippen LogP contribution in [0.4, 0.5) is 4.39 Å². The third kappa shape index (κ3) is 3.18. The first kappa shape index (κ1) is 15.3. The Kier molecular flexibility index (Phi) is 4.28. The van der Waals surface area contributed by atoms with Crippen molar-refractivity contribution >= 4 is 0 Å². The molecule has 0 saturated heterocycles. The van der Waals surface area contributed by atoms with Gasteiger partial charge in [0.2, 0.25) is 6.79 Å². The smallest absolute Gasteiger partial charge is 0.231 e. The summed E-state index contributed by atoms with van der Waals surface area (Å²) in [5.74, 6) is 3.03. The number of hydrogen-bond acceptors (Lipinski definition) is 3. The molecule has 24 heavy (non-hydrogen) atoms. The maximum Gasteiger partial charge on any atom is 0.231 e. The number of rotatable bonds is 4. The molecule has 126 valence electrons. The molecular formula is C20H21FO3. The van der Waals surface area contributed by atoms with Gasteiger partial charge in [0.25, 0.3) is 0 Å². The molecule has 4 heteroatoms. The summed E-state index contributed by atoms with van der Waals surface area (Å²) in [6.45, 7) is 0.940. The Labute approximate surface area is 141 Å². The van der Waals surface area contributed by atoms with Crippen LogP contribution in [0.1, 0.15) is 37.2 Å². The third-order valence-electron chi connectivity index (χ3n) is 5.02. The zero-order valence-electron chi connectivity index (χ0n) is 13.5. The Morgan fingerprint density at radius 1 is 0.958 bits per heavy atom. The zero-order valence-corrected chi connectivity index (χ0v) is 13.5. The van der Waals surface area contributed by atoms with E-state index < -0.39 is 0 Å². The fraction of sp³-hybridized carbons (Fsp3) is 0.400. The lowest BCUT2D eigenvalue weighted by atomic mass is 9.76. The van der Waals surface area contributed by atoms with E-state index in [9.17, 15) is 4.39 Å². The Morgan fingerprint density at radius 2 is 1.75 bits per heavy atom. The topological polar surface area (TPSA) is 27.7 Å². The van der Waals surface area contributed by atoms with Gasteiger partial charge in [-0.05, 0) is 54.5 Å². The van der Waals surface area contributed by atoms with Gasteiger partial charge in [-0.3, -0.25) is 0 Å². The average molecular weight is 328 g/mol. The molecule has 1 saturated carbocycles. The maximum absolute atomic E-state index is 13.2. The predicted molar refractivity (Wildman–Crippen MR) is 89.2 cm³/mol. The molecule has 0 aromatic heterocycles. The van der Waals surface area contributed by atoms with E-state index in [1.54, 1.807) is 12.1 Å². The molecule has 2 aromatic rings. The largest absolute Gasteiger partial charge is 0.493 e. The molecule has 4 rings (SSSR count). The third-order valence-corrected chi connectivity index (χ3v) is 5.02. The fourth-order valence-electron chi connectivity index (χ4n) is 3.73. The van der Waals surface area contributed by atoms with Crippen molar-refractivity contribution in [3.63, 3.8) is 0 Å². The van der Waals surface area contributed by atoms with E-state index in [4.69, 9.17) is 14.2 Å². The highest BCUT2D eigenvalue weighted by Crippen LogP contribution is 2.39. The molecule has 2 atom stereocenters. The molecule has 2 aromatic carbocycles. The first-order valence-electron chi connectivity index (χ1n) is 8.57. The van der Waals surface area contributed by atoms with Crippen molar-refractivity contribution in [1.82, 2.24) is 0 Å². The Balaban J connectivity index is 1.44. The minimum Gasteiger partial charge on any atom is -0.493 e. The number of halogens is 1. The fourth-order valence-corrected chi connectivity index (χ4v) is 3.73. The van der Waals surface area contributed by atoms with Crippen LogP contribution in [0.3, 0.4) is 0 Å². The van der Waals surface area contributed by atoms with Gasteiger partial charge in [0.1, 0.15) is 11.6 Å². The van der Waals surface area contributed by atoms with Gasteiger partial charge in [0.15, 0.2) is 11.5 Å². The summed E-state index contributed by atoms with van der Waals surface area (Å²) in [6, 6.07) is 12.6. The predicted octanol–water partition coefficient (Wildman–Crippen LogP) is 4.91. The lowest BCUT2D eigenvalue weighted by Crippen LogP contribution is -2.24. The molecule has 1 heterocycles. The van der Waals surface area contributed by atoms with E-state index >= 15 is 0 Å². The quantitative estimate of drug-likeness (QED) is 0.798. The number of fused-ring (bicyclic) bond motifs is 1. The standard InChI is InChI=1S/C20H21FO3/c21-16-7-5-14(6-8-16)18-4-2-1-3-15(18)12-22-17-9-10-19-20(11-17)24-13-23-19/h5-11,15,18H,1-4,12-13H2/t15-,18-/m1/s1. The van der Waals surface area contributed by atoms with Crippen LogP contribution in [-0.4, -0.2) is 13.4 Å². The van der Waals surface area contributed by atoms with E-state index in [2.05, 4.69) is 0 Å². The van der Waals surface area contributed by atoms with Crippen LogP contribution in [0.25, 0.3) is 0 Å². The monoisotopic (exact) mass is 328 g/mol. The van der Waals surface area contributed by atoms with Crippen molar-refractivity contribution in [1.29, 1.82) is 0 Å². The van der Waals surface area contributed by atoms with Gasteiger partial charge in [-0.2, -0.15) is 0 Å². The van der Waals surface area contributed by atoms with E-state index in [1.165, 1.54) is 18.4 Å². The minimum absolute atomic E-state index is 0.178. The molecule has 2 aliphatic rings. The second-order valence-corrected chi connectivity index (χ2v) is 6.53. The summed E-state index contributed by atoms with van der Waals surface area (Å²) in [7, 11) is 0. The highest BCUT2D eigenvalue weighted by Gasteiger charge is 2.27. The van der Waals surface area contributed by atoms with Crippen LogP contribution in [0.2, 0.25) is 0 Å². The van der Waals surface area contributed by atoms with Crippen LogP contribution >= 0.6 is 0 Å². The highest BCUT2D eigenvalue weighted by molar-refractivity contribution is 5.46. The molecule has 0 spiro atoms. The van der Waals surface area contributed by atoms with Crippen molar-refractivity contribution in [2.45, 2.75) is 31.6 Å². The maximum atomic E-state index is 13.2. The summed E-state index contributed by atoms with van der Waals surface area (Å²) >= 11 is 0. The van der Waals surface area contributed by atoms with Gasteiger partial charge in [0.05, 0.1) is 6.61 Å². The first-order chi connectivity index (χ1) is 11.8. The van der Waals surface area contributed by atoms with Crippen LogP contribution < -0.4 is 14.2 Å². The SMILES string of the molecule is Fc1ccc([C@H]2CCCC[C@@H]2COc2ccc3c(c2)OCO3)cc1.